The summed E-state index contributed by atoms with van der Waals surface area (Å²) in [5.74, 6) is 0. The second-order valence-electron chi connectivity index (χ2n) is 3.22. The van der Waals surface area contributed by atoms with Gasteiger partial charge in [-0.05, 0) is 44.5 Å². The minimum atomic E-state index is 0. The van der Waals surface area contributed by atoms with E-state index < -0.39 is 0 Å². The summed E-state index contributed by atoms with van der Waals surface area (Å²) in [6.07, 6.45) is 0. The maximum atomic E-state index is 5.69. The van der Waals surface area contributed by atoms with Crippen LogP contribution < -0.4 is 10.6 Å². The molecule has 0 amide bonds. The molecule has 1 aromatic rings. The van der Waals surface area contributed by atoms with Gasteiger partial charge in [0.25, 0.3) is 0 Å². The van der Waals surface area contributed by atoms with Crippen molar-refractivity contribution in [3.8, 4) is 0 Å². The van der Waals surface area contributed by atoms with Gasteiger partial charge in [0, 0.05) is 24.5 Å². The molecule has 0 saturated carbocycles. The monoisotopic (exact) mass is 250 g/mol. The molecule has 0 heterocycles. The first kappa shape index (κ1) is 16.8. The first-order valence-corrected chi connectivity index (χ1v) is 4.80. The topological polar surface area (TPSA) is 29.3 Å². The van der Waals surface area contributed by atoms with Gasteiger partial charge in [-0.2, -0.15) is 0 Å². The number of halogens is 2. The number of anilines is 2. The van der Waals surface area contributed by atoms with Crippen molar-refractivity contribution in [1.82, 2.24) is 0 Å². The van der Waals surface area contributed by atoms with Gasteiger partial charge < -0.3 is 10.6 Å². The van der Waals surface area contributed by atoms with Gasteiger partial charge >= 0.3 is 0 Å². The lowest BCUT2D eigenvalue weighted by Gasteiger charge is -2.23. The molecule has 0 aliphatic heterocycles. The molecule has 0 spiro atoms. The number of nitrogens with two attached hydrogens (primary N) is 1. The van der Waals surface area contributed by atoms with E-state index in [1.54, 1.807) is 0 Å². The zero-order valence-corrected chi connectivity index (χ0v) is 11.1. The Bertz CT molecular complexity index is 286. The van der Waals surface area contributed by atoms with Crippen molar-refractivity contribution >= 4 is 36.2 Å². The molecule has 88 valence electrons. The highest BCUT2D eigenvalue weighted by Crippen LogP contribution is 2.21. The summed E-state index contributed by atoms with van der Waals surface area (Å²) in [5.41, 5.74) is 9.08. The Kier molecular flexibility index (Phi) is 8.59. The molecule has 0 saturated heterocycles. The molecule has 0 aliphatic carbocycles. The second-order valence-corrected chi connectivity index (χ2v) is 3.22. The fourth-order valence-electron chi connectivity index (χ4n) is 1.60. The molecule has 0 aliphatic rings. The molecule has 0 radical (unpaired) electrons. The maximum absolute atomic E-state index is 5.69. The van der Waals surface area contributed by atoms with E-state index in [1.165, 1.54) is 11.3 Å². The Morgan fingerprint density at radius 3 is 2.07 bits per heavy atom. The van der Waals surface area contributed by atoms with E-state index >= 15 is 0 Å². The summed E-state index contributed by atoms with van der Waals surface area (Å²) >= 11 is 0. The summed E-state index contributed by atoms with van der Waals surface area (Å²) in [7, 11) is 0. The van der Waals surface area contributed by atoms with Crippen LogP contribution in [0.25, 0.3) is 0 Å². The molecule has 1 rings (SSSR count). The lowest BCUT2D eigenvalue weighted by molar-refractivity contribution is 0.862. The number of hydrogen-bond donors (Lipinski definition) is 1. The molecule has 0 bridgehead atoms. The molecular formula is C11H20Cl2N2. The molecule has 0 atom stereocenters. The van der Waals surface area contributed by atoms with Crippen LogP contribution >= 0.6 is 24.8 Å². The second kappa shape index (κ2) is 7.66. The Morgan fingerprint density at radius 2 is 1.67 bits per heavy atom. The standard InChI is InChI=1S/C11H18N2.2ClH/c1-4-13(5-2)11-7-6-10(12)8-9(11)3;;/h6-8H,4-5,12H2,1-3H3;2*1H. The van der Waals surface area contributed by atoms with Gasteiger partial charge in [0.05, 0.1) is 0 Å². The van der Waals surface area contributed by atoms with Crippen LogP contribution in [0, 0.1) is 6.92 Å². The molecular weight excluding hydrogens is 231 g/mol. The summed E-state index contributed by atoms with van der Waals surface area (Å²) in [4.78, 5) is 2.33. The van der Waals surface area contributed by atoms with Crippen LogP contribution in [0.15, 0.2) is 18.2 Å². The van der Waals surface area contributed by atoms with Crippen LogP contribution in [0.3, 0.4) is 0 Å². The summed E-state index contributed by atoms with van der Waals surface area (Å²) in [6, 6.07) is 6.08. The highest BCUT2D eigenvalue weighted by Gasteiger charge is 2.04. The normalized spacial score (nSPS) is 8.73. The number of nitrogens with zero attached hydrogens (tertiary/aromatic N) is 1. The van der Waals surface area contributed by atoms with Crippen molar-refractivity contribution in [2.45, 2.75) is 20.8 Å². The van der Waals surface area contributed by atoms with Gasteiger partial charge in [-0.25, -0.2) is 0 Å². The first-order valence-electron chi connectivity index (χ1n) is 4.80. The lowest BCUT2D eigenvalue weighted by atomic mass is 10.1. The summed E-state index contributed by atoms with van der Waals surface area (Å²) < 4.78 is 0. The van der Waals surface area contributed by atoms with E-state index in [2.05, 4.69) is 31.7 Å². The molecule has 0 unspecified atom stereocenters. The molecule has 0 fully saturated rings. The fraction of sp³-hybridized carbons (Fsp3) is 0.455. The number of benzene rings is 1. The molecule has 0 aromatic heterocycles. The average molecular weight is 251 g/mol. The predicted octanol–water partition coefficient (Wildman–Crippen LogP) is 3.27. The van der Waals surface area contributed by atoms with Crippen molar-refractivity contribution in [1.29, 1.82) is 0 Å². The van der Waals surface area contributed by atoms with E-state index in [-0.39, 0.29) is 24.8 Å². The van der Waals surface area contributed by atoms with E-state index in [0.29, 0.717) is 0 Å². The van der Waals surface area contributed by atoms with Gasteiger partial charge in [0.1, 0.15) is 0 Å². The highest BCUT2D eigenvalue weighted by molar-refractivity contribution is 5.85. The number of nitrogen functional groups attached to an aromatic ring is 1. The van der Waals surface area contributed by atoms with Crippen LogP contribution in [0.4, 0.5) is 11.4 Å². The Balaban J connectivity index is 0. The van der Waals surface area contributed by atoms with Gasteiger partial charge in [0.15, 0.2) is 0 Å². The lowest BCUT2D eigenvalue weighted by Crippen LogP contribution is -2.22. The van der Waals surface area contributed by atoms with Crippen LogP contribution in [0.1, 0.15) is 19.4 Å². The number of aryl methyl sites for hydroxylation is 1. The van der Waals surface area contributed by atoms with Crippen LogP contribution in [-0.4, -0.2) is 13.1 Å². The van der Waals surface area contributed by atoms with Gasteiger partial charge in [-0.1, -0.05) is 0 Å². The minimum Gasteiger partial charge on any atom is -0.399 e. The zero-order chi connectivity index (χ0) is 9.84. The zero-order valence-electron chi connectivity index (χ0n) is 9.49. The van der Waals surface area contributed by atoms with Crippen LogP contribution in [0.2, 0.25) is 0 Å². The van der Waals surface area contributed by atoms with Gasteiger partial charge in [0.2, 0.25) is 0 Å². The molecule has 4 heteroatoms. The van der Waals surface area contributed by atoms with Crippen LogP contribution in [-0.2, 0) is 0 Å². The van der Waals surface area contributed by atoms with Crippen molar-refractivity contribution < 1.29 is 0 Å². The number of hydrogen-bond acceptors (Lipinski definition) is 2. The smallest absolute Gasteiger partial charge is 0.0397 e. The van der Waals surface area contributed by atoms with Crippen LogP contribution in [0.5, 0.6) is 0 Å². The van der Waals surface area contributed by atoms with Crippen molar-refractivity contribution in [2.24, 2.45) is 0 Å². The Hall–Kier alpha value is -0.600. The number of rotatable bonds is 3. The predicted molar refractivity (Wildman–Crippen MR) is 73.6 cm³/mol. The quantitative estimate of drug-likeness (QED) is 0.835. The first-order chi connectivity index (χ1) is 6.19. The van der Waals surface area contributed by atoms with E-state index in [4.69, 9.17) is 5.73 Å². The molecule has 1 aromatic carbocycles. The highest BCUT2D eigenvalue weighted by atomic mass is 35.5. The maximum Gasteiger partial charge on any atom is 0.0397 e. The third-order valence-electron chi connectivity index (χ3n) is 2.32. The third-order valence-corrected chi connectivity index (χ3v) is 2.32. The summed E-state index contributed by atoms with van der Waals surface area (Å²) in [6.45, 7) is 8.52. The Labute approximate surface area is 105 Å². The third kappa shape index (κ3) is 4.18. The van der Waals surface area contributed by atoms with Gasteiger partial charge in [-0.3, -0.25) is 0 Å². The van der Waals surface area contributed by atoms with Crippen molar-refractivity contribution in [3.05, 3.63) is 23.8 Å². The van der Waals surface area contributed by atoms with Crippen molar-refractivity contribution in [3.63, 3.8) is 0 Å². The minimum absolute atomic E-state index is 0. The molecule has 2 nitrogen and oxygen atoms in total. The average Bonchev–Trinajstić information content (AvgIpc) is 2.10. The van der Waals surface area contributed by atoms with E-state index in [0.717, 1.165) is 18.8 Å². The summed E-state index contributed by atoms with van der Waals surface area (Å²) in [5, 5.41) is 0. The van der Waals surface area contributed by atoms with Crippen molar-refractivity contribution in [2.75, 3.05) is 23.7 Å². The fourth-order valence-corrected chi connectivity index (χ4v) is 1.60. The SMILES string of the molecule is CCN(CC)c1ccc(N)cc1C.Cl.Cl. The van der Waals surface area contributed by atoms with Gasteiger partial charge in [-0.15, -0.1) is 24.8 Å². The Morgan fingerprint density at radius 1 is 1.13 bits per heavy atom. The van der Waals surface area contributed by atoms with E-state index in [1.807, 2.05) is 12.1 Å². The van der Waals surface area contributed by atoms with E-state index in [9.17, 15) is 0 Å². The molecule has 2 N–H and O–H groups in total. The largest absolute Gasteiger partial charge is 0.399 e. The molecule has 15 heavy (non-hydrogen) atoms.